The number of nitrogens with zero attached hydrogens (tertiary/aromatic N) is 1. The van der Waals surface area contributed by atoms with Crippen LogP contribution in [0.15, 0.2) is 104 Å². The Labute approximate surface area is 218 Å². The van der Waals surface area contributed by atoms with Crippen LogP contribution in [0.2, 0.25) is 0 Å². The van der Waals surface area contributed by atoms with Gasteiger partial charge < -0.3 is 14.7 Å². The van der Waals surface area contributed by atoms with Crippen LogP contribution in [0.5, 0.6) is 0 Å². The standard InChI is InChI=1S/C33H31NO3/c1-4-32(36)37-22-24-11-15-26(16-12-24)34(25-13-9-23(10-14-25)19-20-35)27-17-18-29-28-7-5-6-8-30(28)33(2,3)31(29)21-27/h4-18,21,35H,1,19-20,22H2,2-3H3. The third-order valence-corrected chi connectivity index (χ3v) is 7.16. The van der Waals surface area contributed by atoms with Crippen LogP contribution in [-0.2, 0) is 28.0 Å². The van der Waals surface area contributed by atoms with Crippen LogP contribution < -0.4 is 4.90 Å². The van der Waals surface area contributed by atoms with Gasteiger partial charge in [-0.25, -0.2) is 4.79 Å². The SMILES string of the molecule is C=CC(=O)OCc1ccc(N(c2ccc(CCO)cc2)c2ccc3c(c2)C(C)(C)c2ccccc2-3)cc1. The summed E-state index contributed by atoms with van der Waals surface area (Å²) >= 11 is 0. The fourth-order valence-corrected chi connectivity index (χ4v) is 5.17. The van der Waals surface area contributed by atoms with Crippen molar-refractivity contribution in [3.63, 3.8) is 0 Å². The van der Waals surface area contributed by atoms with Crippen LogP contribution >= 0.6 is 0 Å². The van der Waals surface area contributed by atoms with Gasteiger partial charge in [0.2, 0.25) is 0 Å². The quantitative estimate of drug-likeness (QED) is 0.210. The van der Waals surface area contributed by atoms with E-state index in [1.807, 2.05) is 24.3 Å². The first-order chi connectivity index (χ1) is 17.9. The molecule has 0 unspecified atom stereocenters. The second kappa shape index (κ2) is 10.1. The van der Waals surface area contributed by atoms with Crippen molar-refractivity contribution in [2.75, 3.05) is 11.5 Å². The molecule has 0 saturated heterocycles. The molecule has 0 saturated carbocycles. The van der Waals surface area contributed by atoms with Crippen molar-refractivity contribution in [3.05, 3.63) is 126 Å². The highest BCUT2D eigenvalue weighted by molar-refractivity contribution is 5.85. The first kappa shape index (κ1) is 24.5. The lowest BCUT2D eigenvalue weighted by Crippen LogP contribution is -2.16. The molecular formula is C33H31NO3. The monoisotopic (exact) mass is 489 g/mol. The van der Waals surface area contributed by atoms with Gasteiger partial charge in [-0.1, -0.05) is 75.0 Å². The van der Waals surface area contributed by atoms with Crippen molar-refractivity contribution in [3.8, 4) is 11.1 Å². The number of anilines is 3. The highest BCUT2D eigenvalue weighted by Crippen LogP contribution is 2.50. The molecule has 1 aliphatic rings. The number of rotatable bonds is 8. The molecule has 37 heavy (non-hydrogen) atoms. The summed E-state index contributed by atoms with van der Waals surface area (Å²) in [5.41, 5.74) is 10.2. The highest BCUT2D eigenvalue weighted by atomic mass is 16.5. The number of benzene rings is 4. The molecule has 1 aliphatic carbocycles. The van der Waals surface area contributed by atoms with E-state index >= 15 is 0 Å². The van der Waals surface area contributed by atoms with E-state index in [0.717, 1.165) is 28.2 Å². The van der Waals surface area contributed by atoms with Gasteiger partial charge in [0.05, 0.1) is 0 Å². The molecule has 186 valence electrons. The number of esters is 1. The van der Waals surface area contributed by atoms with Gasteiger partial charge in [0.15, 0.2) is 0 Å². The van der Waals surface area contributed by atoms with E-state index in [-0.39, 0.29) is 18.6 Å². The molecule has 4 heteroatoms. The summed E-state index contributed by atoms with van der Waals surface area (Å²) in [6, 6.07) is 31.7. The molecular weight excluding hydrogens is 458 g/mol. The lowest BCUT2D eigenvalue weighted by molar-refractivity contribution is -0.138. The number of aliphatic hydroxyl groups excluding tert-OH is 1. The molecule has 4 aromatic rings. The molecule has 0 radical (unpaired) electrons. The number of hydrogen-bond donors (Lipinski definition) is 1. The van der Waals surface area contributed by atoms with E-state index in [2.05, 4.69) is 92.1 Å². The Morgan fingerprint density at radius 3 is 2.08 bits per heavy atom. The van der Waals surface area contributed by atoms with Crippen LogP contribution in [0.3, 0.4) is 0 Å². The largest absolute Gasteiger partial charge is 0.458 e. The molecule has 4 nitrogen and oxygen atoms in total. The Kier molecular flexibility index (Phi) is 6.68. The molecule has 0 atom stereocenters. The van der Waals surface area contributed by atoms with E-state index < -0.39 is 5.97 Å². The van der Waals surface area contributed by atoms with Crippen LogP contribution in [0.25, 0.3) is 11.1 Å². The first-order valence-electron chi connectivity index (χ1n) is 12.5. The molecule has 4 aromatic carbocycles. The average Bonchev–Trinajstić information content (AvgIpc) is 3.16. The summed E-state index contributed by atoms with van der Waals surface area (Å²) in [4.78, 5) is 13.7. The molecule has 0 heterocycles. The fourth-order valence-electron chi connectivity index (χ4n) is 5.17. The van der Waals surface area contributed by atoms with E-state index in [1.165, 1.54) is 28.3 Å². The molecule has 5 rings (SSSR count). The minimum atomic E-state index is -0.435. The van der Waals surface area contributed by atoms with Crippen molar-refractivity contribution >= 4 is 23.0 Å². The minimum absolute atomic E-state index is 0.0997. The number of carbonyl (C=O) groups excluding carboxylic acids is 1. The summed E-state index contributed by atoms with van der Waals surface area (Å²) in [5, 5.41) is 9.34. The molecule has 0 bridgehead atoms. The lowest BCUT2D eigenvalue weighted by atomic mass is 9.82. The van der Waals surface area contributed by atoms with Crippen LogP contribution in [0.1, 0.15) is 36.1 Å². The summed E-state index contributed by atoms with van der Waals surface area (Å²) in [5.74, 6) is -0.435. The van der Waals surface area contributed by atoms with Crippen LogP contribution in [0, 0.1) is 0 Å². The maximum atomic E-state index is 11.5. The Bertz CT molecular complexity index is 1440. The second-order valence-corrected chi connectivity index (χ2v) is 9.85. The number of ether oxygens (including phenoxy) is 1. The molecule has 0 spiro atoms. The number of carbonyl (C=O) groups is 1. The Balaban J connectivity index is 1.56. The summed E-state index contributed by atoms with van der Waals surface area (Å²) < 4.78 is 5.20. The maximum Gasteiger partial charge on any atom is 0.330 e. The zero-order chi connectivity index (χ0) is 26.0. The predicted octanol–water partition coefficient (Wildman–Crippen LogP) is 7.23. The zero-order valence-corrected chi connectivity index (χ0v) is 21.3. The van der Waals surface area contributed by atoms with E-state index in [4.69, 9.17) is 4.74 Å². The Hall–Kier alpha value is -4.15. The topological polar surface area (TPSA) is 49.8 Å². The van der Waals surface area contributed by atoms with Gasteiger partial charge in [0.25, 0.3) is 0 Å². The molecule has 0 amide bonds. The van der Waals surface area contributed by atoms with E-state index in [1.54, 1.807) is 0 Å². The zero-order valence-electron chi connectivity index (χ0n) is 21.3. The summed E-state index contributed by atoms with van der Waals surface area (Å²) in [6.07, 6.45) is 1.80. The third-order valence-electron chi connectivity index (χ3n) is 7.16. The van der Waals surface area contributed by atoms with Gasteiger partial charge in [-0.15, -0.1) is 0 Å². The van der Waals surface area contributed by atoms with Crippen molar-refractivity contribution in [1.82, 2.24) is 0 Å². The smallest absolute Gasteiger partial charge is 0.330 e. The van der Waals surface area contributed by atoms with Gasteiger partial charge in [0.1, 0.15) is 6.61 Å². The molecule has 0 aliphatic heterocycles. The number of hydrogen-bond acceptors (Lipinski definition) is 4. The normalized spacial score (nSPS) is 12.9. The van der Waals surface area contributed by atoms with Crippen LogP contribution in [-0.4, -0.2) is 17.7 Å². The van der Waals surface area contributed by atoms with Crippen molar-refractivity contribution in [2.45, 2.75) is 32.3 Å². The Morgan fingerprint density at radius 1 is 0.838 bits per heavy atom. The predicted molar refractivity (Wildman–Crippen MR) is 149 cm³/mol. The second-order valence-electron chi connectivity index (χ2n) is 9.85. The summed E-state index contributed by atoms with van der Waals surface area (Å²) in [7, 11) is 0. The molecule has 0 fully saturated rings. The van der Waals surface area contributed by atoms with Gasteiger partial charge in [-0.2, -0.15) is 0 Å². The van der Waals surface area contributed by atoms with Gasteiger partial charge in [0, 0.05) is 35.2 Å². The maximum absolute atomic E-state index is 11.5. The first-order valence-corrected chi connectivity index (χ1v) is 12.5. The van der Waals surface area contributed by atoms with Crippen molar-refractivity contribution < 1.29 is 14.6 Å². The molecule has 0 aromatic heterocycles. The van der Waals surface area contributed by atoms with Gasteiger partial charge >= 0.3 is 5.97 Å². The van der Waals surface area contributed by atoms with Crippen molar-refractivity contribution in [2.24, 2.45) is 0 Å². The summed E-state index contributed by atoms with van der Waals surface area (Å²) in [6.45, 7) is 8.35. The van der Waals surface area contributed by atoms with Crippen LogP contribution in [0.4, 0.5) is 17.1 Å². The van der Waals surface area contributed by atoms with Crippen molar-refractivity contribution in [1.29, 1.82) is 0 Å². The number of aliphatic hydroxyl groups is 1. The van der Waals surface area contributed by atoms with E-state index in [0.29, 0.717) is 6.42 Å². The van der Waals surface area contributed by atoms with Gasteiger partial charge in [-0.05, 0) is 76.2 Å². The van der Waals surface area contributed by atoms with Gasteiger partial charge in [-0.3, -0.25) is 0 Å². The minimum Gasteiger partial charge on any atom is -0.458 e. The fraction of sp³-hybridized carbons (Fsp3) is 0.182. The molecule has 1 N–H and O–H groups in total. The van der Waals surface area contributed by atoms with E-state index in [9.17, 15) is 9.90 Å². The average molecular weight is 490 g/mol. The highest BCUT2D eigenvalue weighted by Gasteiger charge is 2.35. The Morgan fingerprint density at radius 2 is 1.43 bits per heavy atom. The number of fused-ring (bicyclic) bond motifs is 3. The lowest BCUT2D eigenvalue weighted by Gasteiger charge is -2.28. The third kappa shape index (κ3) is 4.68.